The first-order valence-electron chi connectivity index (χ1n) is 6.91. The van der Waals surface area contributed by atoms with Gasteiger partial charge in [-0.15, -0.1) is 11.3 Å². The first-order valence-corrected chi connectivity index (χ1v) is 7.72. The molecule has 2 unspecified atom stereocenters. The number of hydrogen-bond acceptors (Lipinski definition) is 4. The second-order valence-corrected chi connectivity index (χ2v) is 6.30. The van der Waals surface area contributed by atoms with Gasteiger partial charge in [0.15, 0.2) is 11.6 Å². The molecule has 2 rings (SSSR count). The van der Waals surface area contributed by atoms with E-state index >= 15 is 0 Å². The molecule has 2 atom stereocenters. The number of amides is 1. The van der Waals surface area contributed by atoms with Gasteiger partial charge in [0, 0.05) is 17.2 Å². The molecule has 0 bridgehead atoms. The largest absolute Gasteiger partial charge is 0.386 e. The van der Waals surface area contributed by atoms with Crippen LogP contribution in [0, 0.1) is 18.6 Å². The van der Waals surface area contributed by atoms with Crippen molar-refractivity contribution in [3.63, 3.8) is 0 Å². The lowest BCUT2D eigenvalue weighted by atomic mass is 10.0. The van der Waals surface area contributed by atoms with E-state index in [0.29, 0.717) is 0 Å². The number of carbonyl (C=O) groups excluding carboxylic acids is 1. The zero-order valence-corrected chi connectivity index (χ0v) is 13.4. The number of nitrogens with zero attached hydrogens (tertiary/aromatic N) is 1. The zero-order chi connectivity index (χ0) is 17.0. The molecule has 0 fully saturated rings. The van der Waals surface area contributed by atoms with Crippen molar-refractivity contribution in [3.8, 4) is 0 Å². The molecule has 23 heavy (non-hydrogen) atoms. The van der Waals surface area contributed by atoms with Gasteiger partial charge in [-0.05, 0) is 37.6 Å². The highest BCUT2D eigenvalue weighted by Gasteiger charge is 2.19. The van der Waals surface area contributed by atoms with Gasteiger partial charge in [0.25, 0.3) is 0 Å². The minimum atomic E-state index is -1.15. The van der Waals surface area contributed by atoms with Crippen molar-refractivity contribution in [2.24, 2.45) is 0 Å². The van der Waals surface area contributed by atoms with Crippen LogP contribution >= 0.6 is 11.3 Å². The molecule has 0 aliphatic carbocycles. The number of aliphatic hydroxyl groups excluding tert-OH is 1. The predicted octanol–water partition coefficient (Wildman–Crippen LogP) is 2.98. The van der Waals surface area contributed by atoms with Crippen LogP contribution in [-0.4, -0.2) is 22.0 Å². The third-order valence-electron chi connectivity index (χ3n) is 3.17. The van der Waals surface area contributed by atoms with Gasteiger partial charge in [0.05, 0.1) is 17.2 Å². The number of aryl methyl sites for hydroxylation is 1. The number of halogens is 2. The summed E-state index contributed by atoms with van der Waals surface area (Å²) >= 11 is 1.45. The van der Waals surface area contributed by atoms with E-state index in [9.17, 15) is 18.7 Å². The molecule has 0 aliphatic heterocycles. The molecule has 4 nitrogen and oxygen atoms in total. The SMILES string of the molecule is Cc1ncc(/C=C/C(=O)NC(C)C(O)c2ccc(F)c(F)c2)s1. The number of carbonyl (C=O) groups is 1. The smallest absolute Gasteiger partial charge is 0.244 e. The number of aliphatic hydroxyl groups is 1. The summed E-state index contributed by atoms with van der Waals surface area (Å²) in [5.41, 5.74) is 0.193. The minimum Gasteiger partial charge on any atom is -0.386 e. The van der Waals surface area contributed by atoms with Crippen molar-refractivity contribution in [2.75, 3.05) is 0 Å². The Bertz CT molecular complexity index is 731. The molecular weight excluding hydrogens is 322 g/mol. The average molecular weight is 338 g/mol. The van der Waals surface area contributed by atoms with Crippen LogP contribution in [0.4, 0.5) is 8.78 Å². The van der Waals surface area contributed by atoms with Crippen molar-refractivity contribution in [3.05, 3.63) is 57.6 Å². The normalized spacial score (nSPS) is 14.0. The first-order chi connectivity index (χ1) is 10.9. The predicted molar refractivity (Wildman–Crippen MR) is 84.8 cm³/mol. The van der Waals surface area contributed by atoms with Gasteiger partial charge in [0.2, 0.25) is 5.91 Å². The van der Waals surface area contributed by atoms with Crippen LogP contribution in [0.15, 0.2) is 30.5 Å². The Morgan fingerprint density at radius 2 is 2.13 bits per heavy atom. The Hall–Kier alpha value is -2.12. The lowest BCUT2D eigenvalue weighted by Gasteiger charge is -2.20. The number of hydrogen-bond donors (Lipinski definition) is 2. The molecule has 0 saturated carbocycles. The minimum absolute atomic E-state index is 0.193. The number of benzene rings is 1. The summed E-state index contributed by atoms with van der Waals surface area (Å²) in [7, 11) is 0. The second kappa shape index (κ2) is 7.43. The average Bonchev–Trinajstić information content (AvgIpc) is 2.93. The fourth-order valence-corrected chi connectivity index (χ4v) is 2.64. The van der Waals surface area contributed by atoms with Crippen LogP contribution in [0.1, 0.15) is 28.5 Å². The number of thiazole rings is 1. The van der Waals surface area contributed by atoms with Gasteiger partial charge < -0.3 is 10.4 Å². The highest BCUT2D eigenvalue weighted by atomic mass is 32.1. The molecule has 0 saturated heterocycles. The van der Waals surface area contributed by atoms with Gasteiger partial charge in [-0.3, -0.25) is 4.79 Å². The molecule has 7 heteroatoms. The standard InChI is InChI=1S/C16H16F2N2O2S/c1-9(16(22)11-3-5-13(17)14(18)7-11)20-15(21)6-4-12-8-19-10(2)23-12/h3-9,16,22H,1-2H3,(H,20,21)/b6-4+. The van der Waals surface area contributed by atoms with Crippen molar-refractivity contribution in [1.29, 1.82) is 0 Å². The maximum Gasteiger partial charge on any atom is 0.244 e. The van der Waals surface area contributed by atoms with E-state index in [1.54, 1.807) is 19.2 Å². The van der Waals surface area contributed by atoms with E-state index in [1.807, 2.05) is 6.92 Å². The Kier molecular flexibility index (Phi) is 5.57. The van der Waals surface area contributed by atoms with Gasteiger partial charge >= 0.3 is 0 Å². The van der Waals surface area contributed by atoms with Crippen LogP contribution in [-0.2, 0) is 4.79 Å². The third kappa shape index (κ3) is 4.67. The Labute approximate surface area is 136 Å². The summed E-state index contributed by atoms with van der Waals surface area (Å²) in [5.74, 6) is -2.42. The second-order valence-electron chi connectivity index (χ2n) is 5.03. The van der Waals surface area contributed by atoms with Crippen LogP contribution in [0.25, 0.3) is 6.08 Å². The molecule has 122 valence electrons. The number of aromatic nitrogens is 1. The van der Waals surface area contributed by atoms with E-state index in [4.69, 9.17) is 0 Å². The molecule has 1 aromatic heterocycles. The lowest BCUT2D eigenvalue weighted by Crippen LogP contribution is -2.36. The summed E-state index contributed by atoms with van der Waals surface area (Å²) in [5, 5.41) is 13.6. The van der Waals surface area contributed by atoms with E-state index in [2.05, 4.69) is 10.3 Å². The van der Waals surface area contributed by atoms with Crippen molar-refractivity contribution in [2.45, 2.75) is 26.0 Å². The van der Waals surface area contributed by atoms with Gasteiger partial charge in [-0.1, -0.05) is 6.07 Å². The molecular formula is C16H16F2N2O2S. The molecule has 2 N–H and O–H groups in total. The van der Waals surface area contributed by atoms with Gasteiger partial charge in [-0.25, -0.2) is 13.8 Å². The molecule has 1 amide bonds. The van der Waals surface area contributed by atoms with Gasteiger partial charge in [-0.2, -0.15) is 0 Å². The Morgan fingerprint density at radius 3 is 2.74 bits per heavy atom. The quantitative estimate of drug-likeness (QED) is 0.824. The van der Waals surface area contributed by atoms with E-state index in [-0.39, 0.29) is 5.56 Å². The zero-order valence-electron chi connectivity index (χ0n) is 12.6. The maximum absolute atomic E-state index is 13.2. The Morgan fingerprint density at radius 1 is 1.39 bits per heavy atom. The van der Waals surface area contributed by atoms with E-state index in [0.717, 1.165) is 22.0 Å². The summed E-state index contributed by atoms with van der Waals surface area (Å²) in [6.07, 6.45) is 3.47. The third-order valence-corrected chi connectivity index (χ3v) is 4.04. The molecule has 2 aromatic rings. The molecule has 0 spiro atoms. The number of rotatable bonds is 5. The molecule has 0 radical (unpaired) electrons. The monoisotopic (exact) mass is 338 g/mol. The number of nitrogens with one attached hydrogen (secondary N) is 1. The fourth-order valence-electron chi connectivity index (χ4n) is 1.95. The summed E-state index contributed by atoms with van der Waals surface area (Å²) in [6.45, 7) is 3.44. The van der Waals surface area contributed by atoms with E-state index < -0.39 is 29.7 Å². The maximum atomic E-state index is 13.2. The first kappa shape index (κ1) is 17.2. The summed E-state index contributed by atoms with van der Waals surface area (Å²) in [6, 6.07) is 2.47. The van der Waals surface area contributed by atoms with E-state index in [1.165, 1.54) is 23.5 Å². The van der Waals surface area contributed by atoms with Crippen LogP contribution < -0.4 is 5.32 Å². The van der Waals surface area contributed by atoms with Crippen molar-refractivity contribution in [1.82, 2.24) is 10.3 Å². The molecule has 1 aromatic carbocycles. The van der Waals surface area contributed by atoms with Crippen LogP contribution in [0.2, 0.25) is 0 Å². The highest BCUT2D eigenvalue weighted by Crippen LogP contribution is 2.19. The van der Waals surface area contributed by atoms with Crippen LogP contribution in [0.5, 0.6) is 0 Å². The summed E-state index contributed by atoms with van der Waals surface area (Å²) in [4.78, 5) is 16.7. The van der Waals surface area contributed by atoms with Crippen LogP contribution in [0.3, 0.4) is 0 Å². The topological polar surface area (TPSA) is 62.2 Å². The highest BCUT2D eigenvalue weighted by molar-refractivity contribution is 7.12. The van der Waals surface area contributed by atoms with Crippen molar-refractivity contribution < 1.29 is 18.7 Å². The molecule has 1 heterocycles. The lowest BCUT2D eigenvalue weighted by molar-refractivity contribution is -0.117. The van der Waals surface area contributed by atoms with Crippen molar-refractivity contribution >= 4 is 23.3 Å². The van der Waals surface area contributed by atoms with Gasteiger partial charge in [0.1, 0.15) is 0 Å². The Balaban J connectivity index is 1.97. The summed E-state index contributed by atoms with van der Waals surface area (Å²) < 4.78 is 26.1. The fraction of sp³-hybridized carbons (Fsp3) is 0.250. The molecule has 0 aliphatic rings.